The van der Waals surface area contributed by atoms with Crippen molar-refractivity contribution in [3.8, 4) is 0 Å². The van der Waals surface area contributed by atoms with Crippen LogP contribution in [0.1, 0.15) is 31.2 Å². The van der Waals surface area contributed by atoms with Gasteiger partial charge in [0.15, 0.2) is 6.29 Å². The molecule has 1 unspecified atom stereocenters. The number of rotatable bonds is 5. The molecule has 1 aromatic carbocycles. The summed E-state index contributed by atoms with van der Waals surface area (Å²) in [7, 11) is 0. The molecule has 114 valence electrons. The third-order valence-electron chi connectivity index (χ3n) is 4.77. The first kappa shape index (κ1) is 14.8. The van der Waals surface area contributed by atoms with E-state index in [1.54, 1.807) is 0 Å². The van der Waals surface area contributed by atoms with Gasteiger partial charge in [-0.15, -0.1) is 0 Å². The zero-order chi connectivity index (χ0) is 14.7. The number of aryl methyl sites for hydroxylation is 1. The summed E-state index contributed by atoms with van der Waals surface area (Å²) in [5.41, 5.74) is 1.26. The van der Waals surface area contributed by atoms with Crippen LogP contribution >= 0.6 is 0 Å². The molecular weight excluding hydrogens is 264 g/mol. The fraction of sp³-hybridized carbons (Fsp3) is 0.556. The fourth-order valence-electron chi connectivity index (χ4n) is 3.61. The molecule has 21 heavy (non-hydrogen) atoms. The first-order valence-corrected chi connectivity index (χ1v) is 7.96. The van der Waals surface area contributed by atoms with Crippen LogP contribution in [0.2, 0.25) is 0 Å². The molecule has 2 aliphatic rings. The standard InChI is InChI=1S/C18H24O3/c19-15(9-6-13-4-2-1-3-5-13)10-7-14-8-11-17-16(14)12-18(20)21-17/h1-5,7,10,14-20H,6,8-9,11-12H2/b10-7+/t14-,15-,16+,17-,18?/m0/s1. The van der Waals surface area contributed by atoms with Crippen molar-refractivity contribution in [1.29, 1.82) is 0 Å². The zero-order valence-electron chi connectivity index (χ0n) is 12.3. The van der Waals surface area contributed by atoms with Gasteiger partial charge in [0.05, 0.1) is 12.2 Å². The van der Waals surface area contributed by atoms with Gasteiger partial charge >= 0.3 is 0 Å². The third-order valence-corrected chi connectivity index (χ3v) is 4.77. The highest BCUT2D eigenvalue weighted by Crippen LogP contribution is 2.43. The highest BCUT2D eigenvalue weighted by atomic mass is 16.6. The number of fused-ring (bicyclic) bond motifs is 1. The number of aliphatic hydroxyl groups is 2. The largest absolute Gasteiger partial charge is 0.389 e. The smallest absolute Gasteiger partial charge is 0.155 e. The Labute approximate surface area is 126 Å². The molecule has 0 aromatic heterocycles. The van der Waals surface area contributed by atoms with E-state index in [9.17, 15) is 10.2 Å². The molecule has 1 heterocycles. The van der Waals surface area contributed by atoms with Crippen molar-refractivity contribution in [2.45, 2.75) is 50.6 Å². The van der Waals surface area contributed by atoms with Crippen molar-refractivity contribution in [2.24, 2.45) is 11.8 Å². The third kappa shape index (κ3) is 3.73. The van der Waals surface area contributed by atoms with Crippen molar-refractivity contribution in [3.63, 3.8) is 0 Å². The molecule has 3 heteroatoms. The average molecular weight is 288 g/mol. The molecule has 3 nitrogen and oxygen atoms in total. The maximum atomic E-state index is 10.1. The summed E-state index contributed by atoms with van der Waals surface area (Å²) in [6, 6.07) is 10.3. The molecule has 2 fully saturated rings. The van der Waals surface area contributed by atoms with Crippen LogP contribution in [-0.2, 0) is 11.2 Å². The Kier molecular flexibility index (Phi) is 4.73. The van der Waals surface area contributed by atoms with E-state index >= 15 is 0 Å². The van der Waals surface area contributed by atoms with Gasteiger partial charge in [0.2, 0.25) is 0 Å². The lowest BCUT2D eigenvalue weighted by atomic mass is 9.92. The summed E-state index contributed by atoms with van der Waals surface area (Å²) in [6.07, 6.45) is 7.82. The molecule has 0 radical (unpaired) electrons. The molecule has 0 amide bonds. The van der Waals surface area contributed by atoms with Gasteiger partial charge in [-0.05, 0) is 43.1 Å². The minimum absolute atomic E-state index is 0.219. The fourth-order valence-corrected chi connectivity index (χ4v) is 3.61. The molecule has 1 aliphatic heterocycles. The normalized spacial score (nSPS) is 33.4. The predicted octanol–water partition coefficient (Wildman–Crippen LogP) is 2.67. The van der Waals surface area contributed by atoms with E-state index in [4.69, 9.17) is 4.74 Å². The van der Waals surface area contributed by atoms with Crippen molar-refractivity contribution < 1.29 is 14.9 Å². The summed E-state index contributed by atoms with van der Waals surface area (Å²) < 4.78 is 5.49. The Morgan fingerprint density at radius 2 is 2.05 bits per heavy atom. The van der Waals surface area contributed by atoms with Gasteiger partial charge in [0, 0.05) is 6.42 Å². The zero-order valence-corrected chi connectivity index (χ0v) is 12.3. The van der Waals surface area contributed by atoms with Gasteiger partial charge in [-0.2, -0.15) is 0 Å². The van der Waals surface area contributed by atoms with E-state index in [0.717, 1.165) is 32.1 Å². The average Bonchev–Trinajstić information content (AvgIpc) is 3.03. The number of hydrogen-bond donors (Lipinski definition) is 2. The number of ether oxygens (including phenoxy) is 1. The number of benzene rings is 1. The van der Waals surface area contributed by atoms with Crippen LogP contribution in [-0.4, -0.2) is 28.7 Å². The molecule has 3 rings (SSSR count). The Morgan fingerprint density at radius 3 is 2.86 bits per heavy atom. The Balaban J connectivity index is 1.47. The molecule has 1 aromatic rings. The SMILES string of the molecule is OC1C[C@H]2[C@H](CC[C@@H]2/C=C/[C@@H](O)CCc2ccccc2)O1. The van der Waals surface area contributed by atoms with Crippen LogP contribution in [0.15, 0.2) is 42.5 Å². The molecular formula is C18H24O3. The van der Waals surface area contributed by atoms with Crippen LogP contribution in [0, 0.1) is 11.8 Å². The van der Waals surface area contributed by atoms with Gasteiger partial charge < -0.3 is 14.9 Å². The molecule has 1 saturated heterocycles. The number of hydrogen-bond acceptors (Lipinski definition) is 3. The summed E-state index contributed by atoms with van der Waals surface area (Å²) in [5.74, 6) is 0.871. The van der Waals surface area contributed by atoms with Gasteiger partial charge in [-0.1, -0.05) is 42.5 Å². The Hall–Kier alpha value is -1.16. The van der Waals surface area contributed by atoms with E-state index in [1.807, 2.05) is 24.3 Å². The summed E-state index contributed by atoms with van der Waals surface area (Å²) in [5, 5.41) is 19.6. The van der Waals surface area contributed by atoms with E-state index < -0.39 is 12.4 Å². The monoisotopic (exact) mass is 288 g/mol. The molecule has 2 N–H and O–H groups in total. The second kappa shape index (κ2) is 6.73. The Bertz CT molecular complexity index is 471. The molecule has 1 saturated carbocycles. The van der Waals surface area contributed by atoms with Crippen LogP contribution in [0.25, 0.3) is 0 Å². The molecule has 0 spiro atoms. The highest BCUT2D eigenvalue weighted by molar-refractivity contribution is 5.15. The minimum Gasteiger partial charge on any atom is -0.389 e. The van der Waals surface area contributed by atoms with Crippen molar-refractivity contribution in [2.75, 3.05) is 0 Å². The predicted molar refractivity (Wildman–Crippen MR) is 81.6 cm³/mol. The van der Waals surface area contributed by atoms with Gasteiger partial charge in [-0.3, -0.25) is 0 Å². The summed E-state index contributed by atoms with van der Waals surface area (Å²) in [4.78, 5) is 0. The first-order valence-electron chi connectivity index (χ1n) is 7.96. The number of aliphatic hydroxyl groups excluding tert-OH is 2. The first-order chi connectivity index (χ1) is 10.2. The lowest BCUT2D eigenvalue weighted by Gasteiger charge is -2.13. The van der Waals surface area contributed by atoms with Crippen LogP contribution in [0.3, 0.4) is 0 Å². The van der Waals surface area contributed by atoms with Crippen LogP contribution < -0.4 is 0 Å². The lowest BCUT2D eigenvalue weighted by molar-refractivity contribution is -0.0906. The maximum Gasteiger partial charge on any atom is 0.155 e. The van der Waals surface area contributed by atoms with Crippen molar-refractivity contribution in [1.82, 2.24) is 0 Å². The Morgan fingerprint density at radius 1 is 1.24 bits per heavy atom. The van der Waals surface area contributed by atoms with Gasteiger partial charge in [0.25, 0.3) is 0 Å². The second-order valence-electron chi connectivity index (χ2n) is 6.25. The lowest BCUT2D eigenvalue weighted by Crippen LogP contribution is -2.13. The van der Waals surface area contributed by atoms with Gasteiger partial charge in [-0.25, -0.2) is 0 Å². The maximum absolute atomic E-state index is 10.1. The van der Waals surface area contributed by atoms with E-state index in [0.29, 0.717) is 11.8 Å². The van der Waals surface area contributed by atoms with Crippen LogP contribution in [0.4, 0.5) is 0 Å². The summed E-state index contributed by atoms with van der Waals surface area (Å²) >= 11 is 0. The van der Waals surface area contributed by atoms with Crippen molar-refractivity contribution >= 4 is 0 Å². The quantitative estimate of drug-likeness (QED) is 0.819. The minimum atomic E-state index is -0.584. The molecule has 1 aliphatic carbocycles. The molecule has 0 bridgehead atoms. The van der Waals surface area contributed by atoms with E-state index in [-0.39, 0.29) is 6.10 Å². The molecule has 5 atom stereocenters. The van der Waals surface area contributed by atoms with Crippen LogP contribution in [0.5, 0.6) is 0 Å². The van der Waals surface area contributed by atoms with Crippen molar-refractivity contribution in [3.05, 3.63) is 48.0 Å². The topological polar surface area (TPSA) is 49.7 Å². The van der Waals surface area contributed by atoms with Gasteiger partial charge in [0.1, 0.15) is 0 Å². The number of allylic oxidation sites excluding steroid dienone is 1. The van der Waals surface area contributed by atoms with E-state index in [1.165, 1.54) is 5.56 Å². The van der Waals surface area contributed by atoms with E-state index in [2.05, 4.69) is 18.2 Å². The second-order valence-corrected chi connectivity index (χ2v) is 6.25. The highest BCUT2D eigenvalue weighted by Gasteiger charge is 2.42. The summed E-state index contributed by atoms with van der Waals surface area (Å²) in [6.45, 7) is 0.